The fraction of sp³-hybridized carbons (Fsp3) is 0.650. The van der Waals surface area contributed by atoms with Crippen LogP contribution in [0.2, 0.25) is 0 Å². The van der Waals surface area contributed by atoms with Gasteiger partial charge in [0, 0.05) is 30.6 Å². The third kappa shape index (κ3) is 3.21. The molecule has 1 aromatic rings. The Morgan fingerprint density at radius 3 is 2.26 bits per heavy atom. The highest BCUT2D eigenvalue weighted by Crippen LogP contribution is 2.35. The quantitative estimate of drug-likeness (QED) is 0.802. The van der Waals surface area contributed by atoms with E-state index in [0.29, 0.717) is 19.1 Å². The fourth-order valence-corrected chi connectivity index (χ4v) is 7.18. The summed E-state index contributed by atoms with van der Waals surface area (Å²) in [7, 11) is -3.57. The molecule has 0 unspecified atom stereocenters. The summed E-state index contributed by atoms with van der Waals surface area (Å²) >= 11 is 1.90. The van der Waals surface area contributed by atoms with Crippen LogP contribution in [0, 0.1) is 0 Å². The maximum Gasteiger partial charge on any atom is 0.240 e. The predicted octanol–water partition coefficient (Wildman–Crippen LogP) is 1.45. The number of rotatable bonds is 5. The Bertz CT molecular complexity index is 855. The van der Waals surface area contributed by atoms with Gasteiger partial charge in [-0.2, -0.15) is 11.8 Å². The summed E-state index contributed by atoms with van der Waals surface area (Å²) in [5.41, 5.74) is 6.54. The number of sulfonamides is 1. The predicted molar refractivity (Wildman–Crippen MR) is 108 cm³/mol. The van der Waals surface area contributed by atoms with Crippen molar-refractivity contribution in [1.82, 2.24) is 9.62 Å². The molecule has 2 saturated heterocycles. The van der Waals surface area contributed by atoms with E-state index in [1.807, 2.05) is 11.8 Å². The molecule has 146 valence electrons. The Hall–Kier alpha value is -1.05. The van der Waals surface area contributed by atoms with Gasteiger partial charge in [-0.25, -0.2) is 8.42 Å². The summed E-state index contributed by atoms with van der Waals surface area (Å²) in [6, 6.07) is 2.87. The highest BCUT2D eigenvalue weighted by molar-refractivity contribution is 8.00. The van der Waals surface area contributed by atoms with Crippen molar-refractivity contribution in [2.24, 2.45) is 0 Å². The molecule has 4 aliphatic rings. The lowest BCUT2D eigenvalue weighted by atomic mass is 9.92. The maximum atomic E-state index is 12.6. The smallest absolute Gasteiger partial charge is 0.240 e. The van der Waals surface area contributed by atoms with Gasteiger partial charge in [-0.15, -0.1) is 0 Å². The topological polar surface area (TPSA) is 66.5 Å². The molecule has 0 bridgehead atoms. The summed E-state index contributed by atoms with van der Waals surface area (Å²) in [6.45, 7) is 1.12. The molecule has 0 radical (unpaired) electrons. The number of nitrogens with zero attached hydrogens (tertiary/aromatic N) is 1. The van der Waals surface area contributed by atoms with E-state index in [4.69, 9.17) is 0 Å². The second-order valence-corrected chi connectivity index (χ2v) is 11.4. The first-order valence-corrected chi connectivity index (χ1v) is 12.7. The van der Waals surface area contributed by atoms with E-state index in [0.717, 1.165) is 55.6 Å². The Balaban J connectivity index is 1.28. The minimum atomic E-state index is -3.57. The second kappa shape index (κ2) is 6.78. The molecule has 2 aliphatic heterocycles. The van der Waals surface area contributed by atoms with Gasteiger partial charge in [-0.1, -0.05) is 6.07 Å². The molecule has 27 heavy (non-hydrogen) atoms. The minimum absolute atomic E-state index is 0.209. The Morgan fingerprint density at radius 1 is 1.07 bits per heavy atom. The van der Waals surface area contributed by atoms with Gasteiger partial charge in [-0.05, 0) is 66.3 Å². The number of carbonyl (C=O) groups excluding carboxylic acids is 1. The molecule has 0 atom stereocenters. The third-order valence-corrected chi connectivity index (χ3v) is 9.57. The zero-order valence-electron chi connectivity index (χ0n) is 15.5. The minimum Gasteiger partial charge on any atom is -0.296 e. The van der Waals surface area contributed by atoms with Crippen LogP contribution in [-0.2, 0) is 46.9 Å². The monoisotopic (exact) mass is 406 g/mol. The zero-order valence-corrected chi connectivity index (χ0v) is 17.1. The molecule has 5 rings (SSSR count). The van der Waals surface area contributed by atoms with E-state index in [2.05, 4.69) is 15.7 Å². The number of amides is 1. The third-order valence-electron chi connectivity index (χ3n) is 6.64. The van der Waals surface area contributed by atoms with E-state index >= 15 is 0 Å². The molecule has 1 aromatic carbocycles. The van der Waals surface area contributed by atoms with Gasteiger partial charge in [0.1, 0.15) is 5.25 Å². The van der Waals surface area contributed by atoms with Crippen molar-refractivity contribution in [3.05, 3.63) is 33.9 Å². The summed E-state index contributed by atoms with van der Waals surface area (Å²) in [5.74, 6) is 1.84. The molecule has 2 heterocycles. The van der Waals surface area contributed by atoms with E-state index in [9.17, 15) is 13.2 Å². The van der Waals surface area contributed by atoms with Crippen LogP contribution in [0.4, 0.5) is 0 Å². The van der Waals surface area contributed by atoms with Crippen molar-refractivity contribution < 1.29 is 13.2 Å². The van der Waals surface area contributed by atoms with Crippen LogP contribution in [0.5, 0.6) is 0 Å². The number of thioether (sulfide) groups is 1. The second-order valence-electron chi connectivity index (χ2n) is 8.35. The van der Waals surface area contributed by atoms with Gasteiger partial charge >= 0.3 is 0 Å². The van der Waals surface area contributed by atoms with Gasteiger partial charge in [0.2, 0.25) is 15.9 Å². The molecule has 0 saturated carbocycles. The number of hydrogen-bond acceptors (Lipinski definition) is 5. The van der Waals surface area contributed by atoms with Crippen molar-refractivity contribution in [3.8, 4) is 0 Å². The number of hydrogen-bond donors (Lipinski definition) is 1. The lowest BCUT2D eigenvalue weighted by molar-refractivity contribution is -0.118. The average molecular weight is 407 g/mol. The molecule has 2 fully saturated rings. The SMILES string of the molecule is O=C(Cc1c2c(cc3c1CCC3)CCC2)NS(=O)(=O)C1CN(C2CSC2)C1. The molecule has 2 aliphatic carbocycles. The lowest BCUT2D eigenvalue weighted by Gasteiger charge is -2.46. The number of carbonyl (C=O) groups is 1. The van der Waals surface area contributed by atoms with Crippen LogP contribution in [0.3, 0.4) is 0 Å². The molecular formula is C20H26N2O3S2. The number of likely N-dealkylation sites (tertiary alicyclic amines) is 1. The van der Waals surface area contributed by atoms with Crippen molar-refractivity contribution in [2.45, 2.75) is 56.2 Å². The highest BCUT2D eigenvalue weighted by Gasteiger charge is 2.42. The largest absolute Gasteiger partial charge is 0.296 e. The highest BCUT2D eigenvalue weighted by atomic mass is 32.2. The van der Waals surface area contributed by atoms with Crippen LogP contribution >= 0.6 is 11.8 Å². The first kappa shape index (κ1) is 18.0. The van der Waals surface area contributed by atoms with Crippen LogP contribution in [0.15, 0.2) is 6.07 Å². The summed E-state index contributed by atoms with van der Waals surface area (Å²) in [4.78, 5) is 14.9. The van der Waals surface area contributed by atoms with Gasteiger partial charge in [0.05, 0.1) is 6.42 Å². The number of aryl methyl sites for hydroxylation is 2. The van der Waals surface area contributed by atoms with Crippen molar-refractivity contribution >= 4 is 27.7 Å². The molecule has 5 nitrogen and oxygen atoms in total. The molecular weight excluding hydrogens is 380 g/mol. The van der Waals surface area contributed by atoms with Crippen LogP contribution in [0.25, 0.3) is 0 Å². The number of benzene rings is 1. The Kier molecular flexibility index (Phi) is 4.52. The van der Waals surface area contributed by atoms with E-state index < -0.39 is 15.3 Å². The Morgan fingerprint density at radius 2 is 1.70 bits per heavy atom. The molecule has 1 N–H and O–H groups in total. The molecule has 0 spiro atoms. The summed E-state index contributed by atoms with van der Waals surface area (Å²) in [5, 5.41) is -0.445. The molecule has 0 aromatic heterocycles. The van der Waals surface area contributed by atoms with Crippen LogP contribution < -0.4 is 4.72 Å². The first-order chi connectivity index (χ1) is 13.0. The Labute approximate surface area is 165 Å². The van der Waals surface area contributed by atoms with Crippen molar-refractivity contribution in [2.75, 3.05) is 24.6 Å². The summed E-state index contributed by atoms with van der Waals surface area (Å²) < 4.78 is 27.6. The van der Waals surface area contributed by atoms with Gasteiger partial charge < -0.3 is 0 Å². The lowest BCUT2D eigenvalue weighted by Crippen LogP contribution is -2.63. The fourth-order valence-electron chi connectivity index (χ4n) is 4.98. The average Bonchev–Trinajstić information content (AvgIpc) is 3.15. The van der Waals surface area contributed by atoms with Crippen molar-refractivity contribution in [1.29, 1.82) is 0 Å². The van der Waals surface area contributed by atoms with Crippen LogP contribution in [-0.4, -0.2) is 55.1 Å². The van der Waals surface area contributed by atoms with Gasteiger partial charge in [0.15, 0.2) is 0 Å². The van der Waals surface area contributed by atoms with E-state index in [1.54, 1.807) is 0 Å². The van der Waals surface area contributed by atoms with Crippen LogP contribution in [0.1, 0.15) is 40.7 Å². The maximum absolute atomic E-state index is 12.6. The van der Waals surface area contributed by atoms with Crippen molar-refractivity contribution in [3.63, 3.8) is 0 Å². The number of fused-ring (bicyclic) bond motifs is 2. The van der Waals surface area contributed by atoms with E-state index in [-0.39, 0.29) is 12.3 Å². The van der Waals surface area contributed by atoms with Gasteiger partial charge in [0.25, 0.3) is 0 Å². The van der Waals surface area contributed by atoms with E-state index in [1.165, 1.54) is 22.3 Å². The zero-order chi connectivity index (χ0) is 18.6. The molecule has 7 heteroatoms. The number of nitrogens with one attached hydrogen (secondary N) is 1. The first-order valence-electron chi connectivity index (χ1n) is 10.0. The standard InChI is InChI=1S/C20H26N2O3S2/c23-20(21-27(24,25)16-9-22(10-16)15-11-26-12-15)8-19-17-5-1-3-13(17)7-14-4-2-6-18(14)19/h7,15-16H,1-6,8-12H2,(H,21,23). The normalized spacial score (nSPS) is 22.8. The van der Waals surface area contributed by atoms with Gasteiger partial charge in [-0.3, -0.25) is 14.4 Å². The molecule has 1 amide bonds. The summed E-state index contributed by atoms with van der Waals surface area (Å²) in [6.07, 6.45) is 6.72.